The zero-order valence-electron chi connectivity index (χ0n) is 12.6. The monoisotopic (exact) mass is 270 g/mol. The van der Waals surface area contributed by atoms with Crippen LogP contribution < -0.4 is 10.6 Å². The first-order valence-corrected chi connectivity index (χ1v) is 6.86. The maximum atomic E-state index is 11.7. The molecule has 0 spiro atoms. The van der Waals surface area contributed by atoms with Gasteiger partial charge in [0.25, 0.3) is 0 Å². The van der Waals surface area contributed by atoms with Crippen molar-refractivity contribution < 1.29 is 14.3 Å². The molecule has 1 saturated carbocycles. The number of hydrogen-bond acceptors (Lipinski definition) is 3. The molecular weight excluding hydrogens is 244 g/mol. The summed E-state index contributed by atoms with van der Waals surface area (Å²) >= 11 is 0. The number of amides is 2. The maximum Gasteiger partial charge on any atom is 0.407 e. The number of nitrogens with one attached hydrogen (secondary N) is 2. The second-order valence-electron chi connectivity index (χ2n) is 6.91. The number of carbonyl (C=O) groups excluding carboxylic acids is 2. The van der Waals surface area contributed by atoms with Gasteiger partial charge in [-0.15, -0.1) is 0 Å². The lowest BCUT2D eigenvalue weighted by Gasteiger charge is -2.26. The van der Waals surface area contributed by atoms with Crippen molar-refractivity contribution >= 4 is 12.0 Å². The lowest BCUT2D eigenvalue weighted by molar-refractivity contribution is -0.124. The van der Waals surface area contributed by atoms with Crippen LogP contribution in [0.5, 0.6) is 0 Å². The SMILES string of the molecule is CC(C)(C)NC(=O)OCCC(C)(C)NC(=O)C1CC1. The van der Waals surface area contributed by atoms with E-state index in [0.717, 1.165) is 12.8 Å². The smallest absolute Gasteiger partial charge is 0.407 e. The van der Waals surface area contributed by atoms with Crippen molar-refractivity contribution in [2.45, 2.75) is 65.0 Å². The van der Waals surface area contributed by atoms with Crippen molar-refractivity contribution in [2.24, 2.45) is 5.92 Å². The Morgan fingerprint density at radius 3 is 2.16 bits per heavy atom. The van der Waals surface area contributed by atoms with Crippen molar-refractivity contribution in [1.82, 2.24) is 10.6 Å². The molecule has 1 fully saturated rings. The molecule has 0 aromatic carbocycles. The van der Waals surface area contributed by atoms with Crippen LogP contribution in [0.4, 0.5) is 4.79 Å². The second kappa shape index (κ2) is 5.80. The quantitative estimate of drug-likeness (QED) is 0.805. The molecule has 0 atom stereocenters. The summed E-state index contributed by atoms with van der Waals surface area (Å²) in [6.45, 7) is 9.87. The number of rotatable bonds is 5. The first-order chi connectivity index (χ1) is 8.59. The molecule has 0 heterocycles. The lowest BCUT2D eigenvalue weighted by atomic mass is 10.0. The van der Waals surface area contributed by atoms with Crippen molar-refractivity contribution in [1.29, 1.82) is 0 Å². The molecule has 1 aliphatic rings. The van der Waals surface area contributed by atoms with E-state index < -0.39 is 6.09 Å². The Balaban J connectivity index is 2.23. The fourth-order valence-corrected chi connectivity index (χ4v) is 1.58. The van der Waals surface area contributed by atoms with E-state index in [1.54, 1.807) is 0 Å². The van der Waals surface area contributed by atoms with Gasteiger partial charge in [-0.05, 0) is 47.5 Å². The van der Waals surface area contributed by atoms with Crippen LogP contribution in [0, 0.1) is 5.92 Å². The molecule has 19 heavy (non-hydrogen) atoms. The first kappa shape index (κ1) is 15.8. The van der Waals surface area contributed by atoms with Crippen LogP contribution in [0.1, 0.15) is 53.9 Å². The molecule has 2 N–H and O–H groups in total. The number of hydrogen-bond donors (Lipinski definition) is 2. The number of alkyl carbamates (subject to hydrolysis) is 1. The van der Waals surface area contributed by atoms with Crippen LogP contribution in [0.25, 0.3) is 0 Å². The van der Waals surface area contributed by atoms with Crippen LogP contribution in [0.15, 0.2) is 0 Å². The lowest BCUT2D eigenvalue weighted by Crippen LogP contribution is -2.46. The number of carbonyl (C=O) groups is 2. The standard InChI is InChI=1S/C14H26N2O3/c1-13(2,3)16-12(18)19-9-8-14(4,5)15-11(17)10-6-7-10/h10H,6-9H2,1-5H3,(H,15,17)(H,16,18). The van der Waals surface area contributed by atoms with Gasteiger partial charge in [0.05, 0.1) is 6.61 Å². The van der Waals surface area contributed by atoms with Crippen molar-refractivity contribution in [3.8, 4) is 0 Å². The molecule has 5 heteroatoms. The fourth-order valence-electron chi connectivity index (χ4n) is 1.58. The molecule has 110 valence electrons. The molecule has 0 aromatic heterocycles. The van der Waals surface area contributed by atoms with Gasteiger partial charge in [0.2, 0.25) is 5.91 Å². The molecule has 0 aliphatic heterocycles. The maximum absolute atomic E-state index is 11.7. The summed E-state index contributed by atoms with van der Waals surface area (Å²) in [5, 5.41) is 5.72. The van der Waals surface area contributed by atoms with E-state index in [1.165, 1.54) is 0 Å². The van der Waals surface area contributed by atoms with Crippen LogP contribution >= 0.6 is 0 Å². The minimum Gasteiger partial charge on any atom is -0.449 e. The van der Waals surface area contributed by atoms with Crippen molar-refractivity contribution in [3.05, 3.63) is 0 Å². The van der Waals surface area contributed by atoms with E-state index >= 15 is 0 Å². The van der Waals surface area contributed by atoms with E-state index in [1.807, 2.05) is 34.6 Å². The molecule has 0 unspecified atom stereocenters. The summed E-state index contributed by atoms with van der Waals surface area (Å²) in [5.41, 5.74) is -0.644. The Morgan fingerprint density at radius 1 is 1.11 bits per heavy atom. The summed E-state index contributed by atoms with van der Waals surface area (Å²) in [4.78, 5) is 23.1. The van der Waals surface area contributed by atoms with Gasteiger partial charge in [-0.25, -0.2) is 4.79 Å². The molecule has 2 amide bonds. The Labute approximate surface area is 115 Å². The van der Waals surface area contributed by atoms with Gasteiger partial charge in [-0.1, -0.05) is 0 Å². The molecule has 0 saturated heterocycles. The highest BCUT2D eigenvalue weighted by Gasteiger charge is 2.33. The highest BCUT2D eigenvalue weighted by Crippen LogP contribution is 2.29. The van der Waals surface area contributed by atoms with E-state index in [0.29, 0.717) is 13.0 Å². The largest absolute Gasteiger partial charge is 0.449 e. The van der Waals surface area contributed by atoms with Crippen molar-refractivity contribution in [3.63, 3.8) is 0 Å². The third-order valence-corrected chi connectivity index (χ3v) is 2.85. The molecule has 5 nitrogen and oxygen atoms in total. The number of ether oxygens (including phenoxy) is 1. The Hall–Kier alpha value is -1.26. The van der Waals surface area contributed by atoms with E-state index in [4.69, 9.17) is 4.74 Å². The van der Waals surface area contributed by atoms with Gasteiger partial charge in [-0.3, -0.25) is 4.79 Å². The summed E-state index contributed by atoms with van der Waals surface area (Å²) in [6, 6.07) is 0. The highest BCUT2D eigenvalue weighted by molar-refractivity contribution is 5.81. The van der Waals surface area contributed by atoms with Gasteiger partial charge in [0.15, 0.2) is 0 Å². The predicted octanol–water partition coefficient (Wildman–Crippen LogP) is 2.21. The summed E-state index contributed by atoms with van der Waals surface area (Å²) in [5.74, 6) is 0.313. The minimum absolute atomic E-state index is 0.115. The topological polar surface area (TPSA) is 67.4 Å². The Kier molecular flexibility index (Phi) is 4.82. The zero-order chi connectivity index (χ0) is 14.7. The average Bonchev–Trinajstić information content (AvgIpc) is 2.95. The average molecular weight is 270 g/mol. The molecule has 0 radical (unpaired) electrons. The van der Waals surface area contributed by atoms with Crippen molar-refractivity contribution in [2.75, 3.05) is 6.61 Å². The van der Waals surface area contributed by atoms with Crippen LogP contribution in [0.2, 0.25) is 0 Å². The molecule has 1 aliphatic carbocycles. The zero-order valence-corrected chi connectivity index (χ0v) is 12.6. The third kappa shape index (κ3) is 7.03. The highest BCUT2D eigenvalue weighted by atomic mass is 16.5. The second-order valence-corrected chi connectivity index (χ2v) is 6.91. The Bertz CT molecular complexity index is 341. The van der Waals surface area contributed by atoms with Gasteiger partial charge in [0.1, 0.15) is 0 Å². The third-order valence-electron chi connectivity index (χ3n) is 2.85. The van der Waals surface area contributed by atoms with Gasteiger partial charge >= 0.3 is 6.09 Å². The van der Waals surface area contributed by atoms with E-state index in [2.05, 4.69) is 10.6 Å². The van der Waals surface area contributed by atoms with Gasteiger partial charge in [-0.2, -0.15) is 0 Å². The van der Waals surface area contributed by atoms with Gasteiger partial charge in [0, 0.05) is 23.4 Å². The van der Waals surface area contributed by atoms with Crippen LogP contribution in [0.3, 0.4) is 0 Å². The summed E-state index contributed by atoms with van der Waals surface area (Å²) < 4.78 is 5.11. The van der Waals surface area contributed by atoms with E-state index in [9.17, 15) is 9.59 Å². The minimum atomic E-state index is -0.420. The van der Waals surface area contributed by atoms with Crippen LogP contribution in [-0.2, 0) is 9.53 Å². The summed E-state index contributed by atoms with van der Waals surface area (Å²) in [7, 11) is 0. The van der Waals surface area contributed by atoms with Crippen LogP contribution in [-0.4, -0.2) is 29.7 Å². The molecule has 1 rings (SSSR count). The van der Waals surface area contributed by atoms with Gasteiger partial charge < -0.3 is 15.4 Å². The molecule has 0 aromatic rings. The molecule has 0 bridgehead atoms. The predicted molar refractivity (Wildman–Crippen MR) is 73.8 cm³/mol. The van der Waals surface area contributed by atoms with E-state index in [-0.39, 0.29) is 22.9 Å². The normalized spacial score (nSPS) is 15.8. The molecular formula is C14H26N2O3. The first-order valence-electron chi connectivity index (χ1n) is 6.86. The Morgan fingerprint density at radius 2 is 1.68 bits per heavy atom. The fraction of sp³-hybridized carbons (Fsp3) is 0.857. The summed E-state index contributed by atoms with van der Waals surface area (Å²) in [6.07, 6.45) is 2.17.